The zero-order valence-corrected chi connectivity index (χ0v) is 15.0. The molecule has 90 valence electrons. The zero-order chi connectivity index (χ0) is 12.4. The Labute approximate surface area is 128 Å². The molecule has 2 aliphatic carbocycles. The van der Waals surface area contributed by atoms with E-state index in [4.69, 9.17) is 0 Å². The molecule has 0 spiro atoms. The molecule has 0 aromatic carbocycles. The van der Waals surface area contributed by atoms with Gasteiger partial charge in [-0.3, -0.25) is 4.79 Å². The molecule has 0 aromatic heterocycles. The van der Waals surface area contributed by atoms with Crippen LogP contribution in [0.15, 0.2) is 0 Å². The van der Waals surface area contributed by atoms with Crippen molar-refractivity contribution in [3.8, 4) is 0 Å². The molecule has 8 radical (unpaired) electrons. The smallest absolute Gasteiger partial charge is 0.0312 e. The molecule has 16 heavy (non-hydrogen) atoms. The van der Waals surface area contributed by atoms with E-state index in [1.165, 1.54) is 0 Å². The second kappa shape index (κ2) is 11.8. The third kappa shape index (κ3) is 8.77. The van der Waals surface area contributed by atoms with Crippen LogP contribution in [0.4, 0.5) is 0 Å². The van der Waals surface area contributed by atoms with Gasteiger partial charge in [0.15, 0.2) is 5.78 Å². The first kappa shape index (κ1) is 17.7. The first-order chi connectivity index (χ1) is 7.63. The number of Topliss-reactive ketones (excluding diaryl/α,β-unsaturated/α-hetero) is 1. The number of hydrogen-bond donors (Lipinski definition) is 0. The second-order valence-corrected chi connectivity index (χ2v) is 11.8. The Hall–Kier alpha value is 1.73. The minimum absolute atomic E-state index is 0.0532. The van der Waals surface area contributed by atoms with Crippen LogP contribution >= 0.6 is 43.2 Å². The number of halogens is 3. The van der Waals surface area contributed by atoms with Gasteiger partial charge in [0.1, 0.15) is 0 Å². The van der Waals surface area contributed by atoms with Gasteiger partial charge in [0.05, 0.1) is 4.83 Å². The number of ketones is 1. The molecular formula is C11H11Br3ORu. The summed E-state index contributed by atoms with van der Waals surface area (Å²) in [5.74, 6) is 1.02. The van der Waals surface area contributed by atoms with Crippen LogP contribution in [0.1, 0.15) is 6.92 Å². The summed E-state index contributed by atoms with van der Waals surface area (Å²) >= 11 is 9.83. The molecule has 0 aliphatic heterocycles. The van der Waals surface area contributed by atoms with E-state index in [2.05, 4.69) is 43.2 Å². The van der Waals surface area contributed by atoms with Gasteiger partial charge in [-0.1, -0.05) is 22.9 Å². The average molecular weight is 500 g/mol. The maximum absolute atomic E-state index is 10.8. The van der Waals surface area contributed by atoms with E-state index in [0.29, 0.717) is 13.2 Å². The molecule has 2 fully saturated rings. The molecule has 0 saturated heterocycles. The third-order valence-electron chi connectivity index (χ3n) is 1.71. The van der Waals surface area contributed by atoms with Crippen LogP contribution in [-0.4, -0.2) is 10.6 Å². The first-order valence-electron chi connectivity index (χ1n) is 4.35. The Balaban J connectivity index is 0.000000241. The maximum atomic E-state index is 10.8. The fourth-order valence-electron chi connectivity index (χ4n) is 0.937. The van der Waals surface area contributed by atoms with Crippen molar-refractivity contribution in [1.82, 2.24) is 0 Å². The van der Waals surface area contributed by atoms with Gasteiger partial charge < -0.3 is 0 Å². The molecule has 2 rings (SSSR count). The summed E-state index contributed by atoms with van der Waals surface area (Å²) < 4.78 is 0. The Kier molecular flexibility index (Phi) is 13.1. The van der Waals surface area contributed by atoms with Crippen LogP contribution in [0, 0.1) is 50.9 Å². The molecule has 0 amide bonds. The van der Waals surface area contributed by atoms with Gasteiger partial charge in [-0.05, 0) is 44.9 Å². The number of rotatable bonds is 0. The molecule has 1 atom stereocenters. The fourth-order valence-corrected chi connectivity index (χ4v) is 1.45. The van der Waals surface area contributed by atoms with Crippen molar-refractivity contribution in [2.24, 2.45) is 0 Å². The predicted octanol–water partition coefficient (Wildman–Crippen LogP) is 4.05. The van der Waals surface area contributed by atoms with Gasteiger partial charge in [-0.2, -0.15) is 0 Å². The van der Waals surface area contributed by atoms with Gasteiger partial charge >= 0.3 is 40.5 Å². The summed E-state index contributed by atoms with van der Waals surface area (Å²) in [6.45, 7) is 1.82. The van der Waals surface area contributed by atoms with Gasteiger partial charge in [-0.15, -0.1) is 0 Å². The fraction of sp³-hybridized carbons (Fsp3) is 0.182. The largest absolute Gasteiger partial charge is 0.0312 e. The van der Waals surface area contributed by atoms with Crippen LogP contribution in [0.5, 0.6) is 0 Å². The van der Waals surface area contributed by atoms with Crippen molar-refractivity contribution in [1.29, 1.82) is 0 Å². The van der Waals surface area contributed by atoms with E-state index in [1.54, 1.807) is 0 Å². The summed E-state index contributed by atoms with van der Waals surface area (Å²) in [6.07, 6.45) is 13.7. The average Bonchev–Trinajstić information content (AvgIpc) is 2.90. The van der Waals surface area contributed by atoms with E-state index in [9.17, 15) is 4.79 Å². The summed E-state index contributed by atoms with van der Waals surface area (Å²) in [5.41, 5.74) is 0. The molecule has 1 nitrogen and oxygen atoms in total. The standard InChI is InChI=1S/C6H6BrO.C5H5.2BrH.Ru/c1-4-2-3-5(7)6(4)8;1-2-4-5-3-1;;;/h2-3,5H,1H3;1-5H;2*1H;/q;;;;+2/p-2. The minimum atomic E-state index is -0.0532. The molecule has 0 heterocycles. The second-order valence-electron chi connectivity index (χ2n) is 2.82. The van der Waals surface area contributed by atoms with Crippen LogP contribution in [-0.2, 0) is 18.0 Å². The Morgan fingerprint density at radius 1 is 1.12 bits per heavy atom. The molecule has 0 N–H and O–H groups in total. The van der Waals surface area contributed by atoms with E-state index < -0.39 is 0 Å². The van der Waals surface area contributed by atoms with Crippen molar-refractivity contribution in [2.75, 3.05) is 0 Å². The van der Waals surface area contributed by atoms with Crippen LogP contribution in [0.2, 0.25) is 0 Å². The van der Waals surface area contributed by atoms with Crippen molar-refractivity contribution >= 4 is 49.0 Å². The molecule has 0 aromatic rings. The summed E-state index contributed by atoms with van der Waals surface area (Å²) in [5, 5.41) is 0. The van der Waals surface area contributed by atoms with Gasteiger partial charge in [0, 0.05) is 5.92 Å². The SMILES string of the molecule is C[C]1[CH][CH]C(Br)C1=O.[Br][Ru][Br].[CH]1[CH][CH][CH][CH]1. The van der Waals surface area contributed by atoms with Gasteiger partial charge in [0.25, 0.3) is 0 Å². The molecule has 1 unspecified atom stereocenters. The quantitative estimate of drug-likeness (QED) is 0.363. The summed E-state index contributed by atoms with van der Waals surface area (Å²) in [6, 6.07) is 0. The normalized spacial score (nSPS) is 24.8. The first-order valence-corrected chi connectivity index (χ1v) is 13.2. The van der Waals surface area contributed by atoms with Gasteiger partial charge in [0.2, 0.25) is 0 Å². The molecule has 2 aliphatic rings. The number of alkyl halides is 1. The molecule has 5 heteroatoms. The topological polar surface area (TPSA) is 17.1 Å². The predicted molar refractivity (Wildman–Crippen MR) is 74.6 cm³/mol. The van der Waals surface area contributed by atoms with E-state index in [-0.39, 0.29) is 10.6 Å². The Morgan fingerprint density at radius 3 is 1.62 bits per heavy atom. The minimum Gasteiger partial charge on any atom is -0.0312 e. The number of hydrogen-bond acceptors (Lipinski definition) is 1. The molecule has 2 saturated carbocycles. The maximum Gasteiger partial charge on any atom is -0.0312 e. The van der Waals surface area contributed by atoms with E-state index >= 15 is 0 Å². The van der Waals surface area contributed by atoms with Crippen molar-refractivity contribution < 1.29 is 18.0 Å². The van der Waals surface area contributed by atoms with Crippen molar-refractivity contribution in [3.63, 3.8) is 0 Å². The Morgan fingerprint density at radius 2 is 1.50 bits per heavy atom. The van der Waals surface area contributed by atoms with Crippen LogP contribution < -0.4 is 0 Å². The summed E-state index contributed by atoms with van der Waals surface area (Å²) in [4.78, 5) is 10.7. The number of carbonyl (C=O) groups is 1. The van der Waals surface area contributed by atoms with Crippen LogP contribution in [0.25, 0.3) is 0 Å². The molecule has 0 bridgehead atoms. The van der Waals surface area contributed by atoms with E-state index in [1.807, 2.05) is 51.9 Å². The monoisotopic (exact) mass is 498 g/mol. The van der Waals surface area contributed by atoms with Gasteiger partial charge in [-0.25, -0.2) is 0 Å². The zero-order valence-electron chi connectivity index (χ0n) is 8.51. The number of carbonyl (C=O) groups excluding carboxylic acids is 1. The van der Waals surface area contributed by atoms with E-state index in [0.717, 1.165) is 5.92 Å². The van der Waals surface area contributed by atoms with Crippen LogP contribution in [0.3, 0.4) is 0 Å². The third-order valence-corrected chi connectivity index (χ3v) is 2.43. The Bertz CT molecular complexity index is 166. The van der Waals surface area contributed by atoms with Crippen molar-refractivity contribution in [2.45, 2.75) is 11.8 Å². The molecular weight excluding hydrogens is 489 g/mol. The van der Waals surface area contributed by atoms with Crippen molar-refractivity contribution in [3.05, 3.63) is 50.9 Å². The summed E-state index contributed by atoms with van der Waals surface area (Å²) in [7, 11) is 0.